The molecule has 126 valence electrons. The number of halogens is 2. The first-order valence-corrected chi connectivity index (χ1v) is 8.48. The van der Waals surface area contributed by atoms with Crippen LogP contribution in [0.4, 0.5) is 5.69 Å². The molecule has 2 rings (SSSR count). The molecule has 0 aliphatic carbocycles. The molecular formula is C17H24BrIN4. The Kier molecular flexibility index (Phi) is 9.41. The minimum Gasteiger partial charge on any atom is -0.371 e. The molecule has 1 fully saturated rings. The zero-order valence-electron chi connectivity index (χ0n) is 13.4. The predicted octanol–water partition coefficient (Wildman–Crippen LogP) is 3.08. The Hall–Kier alpha value is -0.940. The third-order valence-electron chi connectivity index (χ3n) is 3.69. The molecule has 1 saturated heterocycles. The van der Waals surface area contributed by atoms with Crippen molar-refractivity contribution in [3.63, 3.8) is 0 Å². The van der Waals surface area contributed by atoms with Crippen molar-refractivity contribution in [3.05, 3.63) is 28.7 Å². The van der Waals surface area contributed by atoms with E-state index in [0.29, 0.717) is 12.5 Å². The van der Waals surface area contributed by atoms with E-state index in [1.54, 1.807) is 0 Å². The van der Waals surface area contributed by atoms with Crippen LogP contribution in [-0.4, -0.2) is 38.7 Å². The average molecular weight is 491 g/mol. The lowest BCUT2D eigenvalue weighted by molar-refractivity contribution is 0.600. The summed E-state index contributed by atoms with van der Waals surface area (Å²) in [6, 6.07) is 8.50. The number of guanidine groups is 1. The SMILES string of the molecule is C#CCNC(=NCC1CCN(c2ccc(Br)cc2)C1)NCC.I. The molecule has 0 radical (unpaired) electrons. The topological polar surface area (TPSA) is 39.7 Å². The van der Waals surface area contributed by atoms with Crippen molar-refractivity contribution in [2.24, 2.45) is 10.9 Å². The summed E-state index contributed by atoms with van der Waals surface area (Å²) < 4.78 is 1.12. The first-order chi connectivity index (χ1) is 10.7. The number of anilines is 1. The Morgan fingerprint density at radius 1 is 1.39 bits per heavy atom. The highest BCUT2D eigenvalue weighted by atomic mass is 127. The summed E-state index contributed by atoms with van der Waals surface area (Å²) in [5.74, 6) is 3.97. The van der Waals surface area contributed by atoms with E-state index in [9.17, 15) is 0 Å². The van der Waals surface area contributed by atoms with E-state index in [1.165, 1.54) is 12.1 Å². The van der Waals surface area contributed by atoms with Gasteiger partial charge in [-0.25, -0.2) is 0 Å². The van der Waals surface area contributed by atoms with E-state index < -0.39 is 0 Å². The van der Waals surface area contributed by atoms with Gasteiger partial charge < -0.3 is 15.5 Å². The second-order valence-corrected chi connectivity index (χ2v) is 6.27. The highest BCUT2D eigenvalue weighted by Crippen LogP contribution is 2.25. The summed E-state index contributed by atoms with van der Waals surface area (Å²) in [5.41, 5.74) is 1.28. The zero-order valence-corrected chi connectivity index (χ0v) is 17.3. The standard InChI is InChI=1S/C17H23BrN4.HI/c1-3-10-20-17(19-4-2)21-12-14-9-11-22(13-14)16-7-5-15(18)6-8-16;/h1,5-8,14H,4,9-13H2,2H3,(H2,19,20,21);1H. The zero-order chi connectivity index (χ0) is 15.8. The summed E-state index contributed by atoms with van der Waals surface area (Å²) >= 11 is 3.48. The molecule has 1 unspecified atom stereocenters. The number of hydrogen-bond acceptors (Lipinski definition) is 2. The van der Waals surface area contributed by atoms with E-state index in [1.807, 2.05) is 0 Å². The Morgan fingerprint density at radius 3 is 2.78 bits per heavy atom. The molecule has 23 heavy (non-hydrogen) atoms. The maximum atomic E-state index is 5.28. The second kappa shape index (κ2) is 10.8. The molecule has 1 atom stereocenters. The van der Waals surface area contributed by atoms with Crippen LogP contribution in [0.15, 0.2) is 33.7 Å². The molecule has 4 nitrogen and oxygen atoms in total. The highest BCUT2D eigenvalue weighted by Gasteiger charge is 2.22. The molecule has 6 heteroatoms. The molecule has 1 aliphatic rings. The van der Waals surface area contributed by atoms with Crippen molar-refractivity contribution in [2.75, 3.05) is 37.6 Å². The Morgan fingerprint density at radius 2 is 2.13 bits per heavy atom. The van der Waals surface area contributed by atoms with E-state index in [4.69, 9.17) is 6.42 Å². The van der Waals surface area contributed by atoms with Crippen LogP contribution in [-0.2, 0) is 0 Å². The van der Waals surface area contributed by atoms with Crippen LogP contribution in [0.5, 0.6) is 0 Å². The van der Waals surface area contributed by atoms with E-state index in [-0.39, 0.29) is 24.0 Å². The largest absolute Gasteiger partial charge is 0.371 e. The molecule has 1 aromatic rings. The second-order valence-electron chi connectivity index (χ2n) is 5.35. The van der Waals surface area contributed by atoms with E-state index in [0.717, 1.165) is 36.6 Å². The molecule has 1 aromatic carbocycles. The average Bonchev–Trinajstić information content (AvgIpc) is 3.00. The van der Waals surface area contributed by atoms with Gasteiger partial charge >= 0.3 is 0 Å². The van der Waals surface area contributed by atoms with Gasteiger partial charge in [0.25, 0.3) is 0 Å². The summed E-state index contributed by atoms with van der Waals surface area (Å²) in [6.45, 7) is 6.37. The van der Waals surface area contributed by atoms with Gasteiger partial charge in [-0.15, -0.1) is 30.4 Å². The molecule has 0 spiro atoms. The number of rotatable bonds is 5. The number of nitrogens with zero attached hydrogens (tertiary/aromatic N) is 2. The van der Waals surface area contributed by atoms with E-state index in [2.05, 4.69) is 73.6 Å². The lowest BCUT2D eigenvalue weighted by Gasteiger charge is -2.18. The fraction of sp³-hybridized carbons (Fsp3) is 0.471. The van der Waals surface area contributed by atoms with Gasteiger partial charge in [-0.05, 0) is 43.5 Å². The predicted molar refractivity (Wildman–Crippen MR) is 113 cm³/mol. The van der Waals surface area contributed by atoms with Crippen LogP contribution in [0.2, 0.25) is 0 Å². The maximum Gasteiger partial charge on any atom is 0.192 e. The fourth-order valence-electron chi connectivity index (χ4n) is 2.56. The third kappa shape index (κ3) is 6.60. The lowest BCUT2D eigenvalue weighted by atomic mass is 10.1. The molecule has 0 saturated carbocycles. The van der Waals surface area contributed by atoms with E-state index >= 15 is 0 Å². The van der Waals surface area contributed by atoms with Crippen molar-refractivity contribution in [2.45, 2.75) is 13.3 Å². The number of terminal acetylenes is 1. The van der Waals surface area contributed by atoms with Crippen molar-refractivity contribution < 1.29 is 0 Å². The van der Waals surface area contributed by atoms with Crippen molar-refractivity contribution >= 4 is 51.6 Å². The van der Waals surface area contributed by atoms with Crippen molar-refractivity contribution in [1.82, 2.24) is 10.6 Å². The van der Waals surface area contributed by atoms with Crippen LogP contribution in [0.1, 0.15) is 13.3 Å². The molecular weight excluding hydrogens is 467 g/mol. The summed E-state index contributed by atoms with van der Waals surface area (Å²) in [6.07, 6.45) is 6.45. The van der Waals surface area contributed by atoms with Gasteiger partial charge in [0.2, 0.25) is 0 Å². The maximum absolute atomic E-state index is 5.28. The van der Waals surface area contributed by atoms with Crippen LogP contribution in [0.3, 0.4) is 0 Å². The van der Waals surface area contributed by atoms with Gasteiger partial charge in [-0.3, -0.25) is 4.99 Å². The fourth-order valence-corrected chi connectivity index (χ4v) is 2.83. The highest BCUT2D eigenvalue weighted by molar-refractivity contribution is 14.0. The van der Waals surface area contributed by atoms with Crippen LogP contribution in [0, 0.1) is 18.3 Å². The van der Waals surface area contributed by atoms with Gasteiger partial charge in [-0.1, -0.05) is 21.9 Å². The van der Waals surface area contributed by atoms with Gasteiger partial charge in [0.05, 0.1) is 6.54 Å². The summed E-state index contributed by atoms with van der Waals surface area (Å²) in [5, 5.41) is 6.34. The first kappa shape index (κ1) is 20.1. The Balaban J connectivity index is 0.00000264. The Labute approximate surface area is 164 Å². The Bertz CT molecular complexity index is 539. The number of benzene rings is 1. The summed E-state index contributed by atoms with van der Waals surface area (Å²) in [4.78, 5) is 7.06. The van der Waals surface area contributed by atoms with Gasteiger partial charge in [0, 0.05) is 36.3 Å². The quantitative estimate of drug-likeness (QED) is 0.288. The minimum absolute atomic E-state index is 0. The minimum atomic E-state index is 0. The molecule has 0 bridgehead atoms. The lowest BCUT2D eigenvalue weighted by Crippen LogP contribution is -2.37. The first-order valence-electron chi connectivity index (χ1n) is 7.69. The van der Waals surface area contributed by atoms with Crippen molar-refractivity contribution in [1.29, 1.82) is 0 Å². The van der Waals surface area contributed by atoms with Gasteiger partial charge in [0.1, 0.15) is 0 Å². The number of hydrogen-bond donors (Lipinski definition) is 2. The number of nitrogens with one attached hydrogen (secondary N) is 2. The van der Waals surface area contributed by atoms with Gasteiger partial charge in [-0.2, -0.15) is 0 Å². The third-order valence-corrected chi connectivity index (χ3v) is 4.22. The van der Waals surface area contributed by atoms with Crippen LogP contribution >= 0.6 is 39.9 Å². The van der Waals surface area contributed by atoms with Crippen molar-refractivity contribution in [3.8, 4) is 12.3 Å². The normalized spacial score (nSPS) is 17.3. The smallest absolute Gasteiger partial charge is 0.192 e. The molecule has 1 heterocycles. The molecule has 2 N–H and O–H groups in total. The molecule has 1 aliphatic heterocycles. The molecule has 0 amide bonds. The number of aliphatic imine (C=N–C) groups is 1. The van der Waals surface area contributed by atoms with Gasteiger partial charge in [0.15, 0.2) is 5.96 Å². The summed E-state index contributed by atoms with van der Waals surface area (Å²) in [7, 11) is 0. The molecule has 0 aromatic heterocycles. The monoisotopic (exact) mass is 490 g/mol. The van der Waals surface area contributed by atoms with Crippen LogP contribution in [0.25, 0.3) is 0 Å². The van der Waals surface area contributed by atoms with Crippen LogP contribution < -0.4 is 15.5 Å².